The van der Waals surface area contributed by atoms with Crippen molar-refractivity contribution in [2.24, 2.45) is 0 Å². The molecule has 2 atom stereocenters. The second-order valence-corrected chi connectivity index (χ2v) is 9.63. The maximum absolute atomic E-state index is 13.1. The van der Waals surface area contributed by atoms with E-state index < -0.39 is 45.9 Å². The molecule has 0 saturated carbocycles. The molecule has 0 saturated heterocycles. The maximum Gasteiger partial charge on any atom is 0.329 e. The quantitative estimate of drug-likeness (QED) is 0.397. The van der Waals surface area contributed by atoms with Crippen LogP contribution in [0.1, 0.15) is 18.9 Å². The molecule has 176 valence electrons. The van der Waals surface area contributed by atoms with E-state index in [4.69, 9.17) is 9.84 Å². The van der Waals surface area contributed by atoms with E-state index >= 15 is 0 Å². The van der Waals surface area contributed by atoms with Crippen LogP contribution in [0.2, 0.25) is 0 Å². The van der Waals surface area contributed by atoms with Crippen molar-refractivity contribution in [3.63, 3.8) is 0 Å². The minimum absolute atomic E-state index is 0.0312. The van der Waals surface area contributed by atoms with Crippen molar-refractivity contribution < 1.29 is 37.8 Å². The van der Waals surface area contributed by atoms with E-state index in [1.807, 2.05) is 12.1 Å². The number of sulfonamides is 1. The van der Waals surface area contributed by atoms with Gasteiger partial charge in [-0.3, -0.25) is 9.59 Å². The molecule has 0 radical (unpaired) electrons. The highest BCUT2D eigenvalue weighted by Gasteiger charge is 2.41. The molecule has 0 spiro atoms. The van der Waals surface area contributed by atoms with Gasteiger partial charge in [0.05, 0.1) is 17.0 Å². The van der Waals surface area contributed by atoms with Crippen molar-refractivity contribution in [1.82, 2.24) is 4.72 Å². The Morgan fingerprint density at radius 2 is 1.76 bits per heavy atom. The average Bonchev–Trinajstić information content (AvgIpc) is 2.78. The molecule has 3 aromatic rings. The number of hydrogen-bond donors (Lipinski definition) is 4. The summed E-state index contributed by atoms with van der Waals surface area (Å²) in [6, 6.07) is 15.6. The highest BCUT2D eigenvalue weighted by Crippen LogP contribution is 2.35. The molecule has 0 bridgehead atoms. The molecule has 34 heavy (non-hydrogen) atoms. The normalized spacial score (nSPS) is 17.2. The van der Waals surface area contributed by atoms with Gasteiger partial charge in [0.1, 0.15) is 5.75 Å². The Hall–Kier alpha value is -3.96. The van der Waals surface area contributed by atoms with Gasteiger partial charge < -0.3 is 20.3 Å². The Morgan fingerprint density at radius 3 is 2.44 bits per heavy atom. The summed E-state index contributed by atoms with van der Waals surface area (Å²) in [5, 5.41) is 22.9. The van der Waals surface area contributed by atoms with Gasteiger partial charge in [-0.2, -0.15) is 4.72 Å². The van der Waals surface area contributed by atoms with Gasteiger partial charge in [0.2, 0.25) is 10.0 Å². The van der Waals surface area contributed by atoms with Gasteiger partial charge in [-0.05, 0) is 47.5 Å². The third-order valence-electron chi connectivity index (χ3n) is 5.53. The van der Waals surface area contributed by atoms with Crippen LogP contribution < -0.4 is 14.8 Å². The zero-order chi connectivity index (χ0) is 24.7. The number of amides is 1. The molecular weight excluding hydrogens is 464 g/mol. The van der Waals surface area contributed by atoms with E-state index in [0.29, 0.717) is 5.39 Å². The summed E-state index contributed by atoms with van der Waals surface area (Å²) in [5.41, 5.74) is -1.97. The molecule has 1 aliphatic rings. The number of benzene rings is 3. The van der Waals surface area contributed by atoms with Gasteiger partial charge >= 0.3 is 11.9 Å². The van der Waals surface area contributed by atoms with Crippen LogP contribution in [0, 0.1) is 0 Å². The predicted molar refractivity (Wildman–Crippen MR) is 121 cm³/mol. The number of fused-ring (bicyclic) bond motifs is 2. The minimum atomic E-state index is -4.27. The lowest BCUT2D eigenvalue weighted by Crippen LogP contribution is -2.49. The summed E-state index contributed by atoms with van der Waals surface area (Å²) in [7, 11) is -4.27. The van der Waals surface area contributed by atoms with E-state index in [1.165, 1.54) is 37.3 Å². The van der Waals surface area contributed by atoms with Crippen LogP contribution in [0.25, 0.3) is 10.8 Å². The minimum Gasteiger partial charge on any atom is -0.481 e. The summed E-state index contributed by atoms with van der Waals surface area (Å²) < 4.78 is 33.9. The predicted octanol–water partition coefficient (Wildman–Crippen LogP) is 2.29. The SMILES string of the molecule is C[C@@](NS(=O)(=O)c1ccc2ccccc2c1)(C(=O)O)c1ccc2c(c1)NC(=O)C(CC(=O)O)O2. The second-order valence-electron chi connectivity index (χ2n) is 7.95. The third kappa shape index (κ3) is 4.30. The Morgan fingerprint density at radius 1 is 1.06 bits per heavy atom. The van der Waals surface area contributed by atoms with Gasteiger partial charge in [0.15, 0.2) is 11.6 Å². The third-order valence-corrected chi connectivity index (χ3v) is 7.09. The van der Waals surface area contributed by atoms with E-state index in [2.05, 4.69) is 10.0 Å². The van der Waals surface area contributed by atoms with E-state index in [9.17, 15) is 27.9 Å². The van der Waals surface area contributed by atoms with Crippen molar-refractivity contribution in [2.45, 2.75) is 29.9 Å². The lowest BCUT2D eigenvalue weighted by molar-refractivity contribution is -0.144. The van der Waals surface area contributed by atoms with E-state index in [0.717, 1.165) is 5.39 Å². The first-order valence-electron chi connectivity index (χ1n) is 10.1. The molecule has 4 N–H and O–H groups in total. The number of hydrogen-bond acceptors (Lipinski definition) is 6. The number of rotatable bonds is 7. The zero-order valence-corrected chi connectivity index (χ0v) is 18.6. The Bertz CT molecular complexity index is 1440. The fourth-order valence-corrected chi connectivity index (χ4v) is 5.03. The second kappa shape index (κ2) is 8.43. The van der Waals surface area contributed by atoms with Gasteiger partial charge in [-0.25, -0.2) is 13.2 Å². The average molecular weight is 484 g/mol. The molecule has 4 rings (SSSR count). The number of nitrogens with one attached hydrogen (secondary N) is 2. The first kappa shape index (κ1) is 23.2. The molecule has 0 aliphatic carbocycles. The topological polar surface area (TPSA) is 159 Å². The molecule has 1 aliphatic heterocycles. The largest absolute Gasteiger partial charge is 0.481 e. The Kier molecular flexibility index (Phi) is 5.75. The van der Waals surface area contributed by atoms with Gasteiger partial charge in [0.25, 0.3) is 5.91 Å². The lowest BCUT2D eigenvalue weighted by atomic mass is 9.92. The summed E-state index contributed by atoms with van der Waals surface area (Å²) in [6.07, 6.45) is -1.79. The van der Waals surface area contributed by atoms with Crippen LogP contribution in [0.3, 0.4) is 0 Å². The number of carbonyl (C=O) groups is 3. The molecule has 0 aromatic heterocycles. The molecule has 0 fully saturated rings. The van der Waals surface area contributed by atoms with Crippen LogP contribution in [-0.4, -0.2) is 42.6 Å². The van der Waals surface area contributed by atoms with Crippen LogP contribution in [0.4, 0.5) is 5.69 Å². The molecule has 1 amide bonds. The van der Waals surface area contributed by atoms with Gasteiger partial charge in [0, 0.05) is 0 Å². The van der Waals surface area contributed by atoms with Crippen molar-refractivity contribution in [1.29, 1.82) is 0 Å². The smallest absolute Gasteiger partial charge is 0.329 e. The van der Waals surface area contributed by atoms with E-state index in [-0.39, 0.29) is 21.9 Å². The summed E-state index contributed by atoms with van der Waals surface area (Å²) >= 11 is 0. The standard InChI is InChI=1S/C23H20N2O8S/c1-23(22(29)30,25-34(31,32)16-8-6-13-4-2-3-5-14(13)10-16)15-7-9-18-17(11-15)24-21(28)19(33-18)12-20(26)27/h2-11,19,25H,12H2,1H3,(H,24,28)(H,26,27)(H,29,30)/t19?,23-/m0/s1. The van der Waals surface area contributed by atoms with Crippen molar-refractivity contribution in [3.8, 4) is 5.75 Å². The lowest BCUT2D eigenvalue weighted by Gasteiger charge is -2.30. The highest BCUT2D eigenvalue weighted by atomic mass is 32.2. The van der Waals surface area contributed by atoms with Crippen LogP contribution in [0.5, 0.6) is 5.75 Å². The zero-order valence-electron chi connectivity index (χ0n) is 17.8. The number of carboxylic acids is 2. The first-order chi connectivity index (χ1) is 16.0. The molecule has 11 heteroatoms. The molecule has 1 heterocycles. The van der Waals surface area contributed by atoms with E-state index in [1.54, 1.807) is 18.2 Å². The molecule has 1 unspecified atom stereocenters. The number of anilines is 1. The first-order valence-corrected chi connectivity index (χ1v) is 11.6. The van der Waals surface area contributed by atoms with Crippen LogP contribution >= 0.6 is 0 Å². The van der Waals surface area contributed by atoms with Crippen molar-refractivity contribution >= 4 is 44.3 Å². The monoisotopic (exact) mass is 484 g/mol. The maximum atomic E-state index is 13.1. The van der Waals surface area contributed by atoms with Crippen LogP contribution in [0.15, 0.2) is 65.6 Å². The number of carboxylic acid groups (broad SMARTS) is 2. The molecule has 3 aromatic carbocycles. The van der Waals surface area contributed by atoms with Crippen molar-refractivity contribution in [3.05, 3.63) is 66.2 Å². The number of ether oxygens (including phenoxy) is 1. The summed E-state index contributed by atoms with van der Waals surface area (Å²) in [5.74, 6) is -3.26. The summed E-state index contributed by atoms with van der Waals surface area (Å²) in [4.78, 5) is 35.2. The van der Waals surface area contributed by atoms with Gasteiger partial charge in [-0.1, -0.05) is 36.4 Å². The Labute approximate surface area is 194 Å². The van der Waals surface area contributed by atoms with Crippen LogP contribution in [-0.2, 0) is 29.9 Å². The van der Waals surface area contributed by atoms with Gasteiger partial charge in [-0.15, -0.1) is 0 Å². The summed E-state index contributed by atoms with van der Waals surface area (Å²) in [6.45, 7) is 1.19. The molecular formula is C23H20N2O8S. The fraction of sp³-hybridized carbons (Fsp3) is 0.174. The Balaban J connectivity index is 1.68. The number of aliphatic carboxylic acids is 2. The highest BCUT2D eigenvalue weighted by molar-refractivity contribution is 7.89. The number of carbonyl (C=O) groups excluding carboxylic acids is 1. The van der Waals surface area contributed by atoms with Crippen molar-refractivity contribution in [2.75, 3.05) is 5.32 Å². The fourth-order valence-electron chi connectivity index (χ4n) is 3.64. The molecule has 10 nitrogen and oxygen atoms in total.